The molecule has 4 aromatic rings. The maximum Gasteiger partial charge on any atom is 0.231 e. The Balaban J connectivity index is 1.62. The molecular weight excluding hydrogens is 362 g/mol. The molecule has 0 spiro atoms. The molecule has 0 saturated heterocycles. The van der Waals surface area contributed by atoms with Crippen molar-refractivity contribution in [1.29, 1.82) is 0 Å². The standard InChI is InChI=1S/C25H19NO3/c27-21(17-7-3-1-4-8-17)13-12-20-23-19(11-14-22-25(23)29-16-28-22)15-26-24(20)18-9-5-2-6-10-18/h1-11,14-15H,12-13,16H2. The largest absolute Gasteiger partial charge is 0.454 e. The van der Waals surface area contributed by atoms with Crippen LogP contribution in [0.1, 0.15) is 22.3 Å². The Morgan fingerprint density at radius 2 is 1.66 bits per heavy atom. The van der Waals surface area contributed by atoms with E-state index in [1.165, 1.54) is 0 Å². The molecule has 1 aliphatic heterocycles. The van der Waals surface area contributed by atoms with E-state index < -0.39 is 0 Å². The zero-order chi connectivity index (χ0) is 19.6. The van der Waals surface area contributed by atoms with Gasteiger partial charge < -0.3 is 9.47 Å². The van der Waals surface area contributed by atoms with Crippen molar-refractivity contribution >= 4 is 16.6 Å². The number of carbonyl (C=O) groups is 1. The van der Waals surface area contributed by atoms with Crippen molar-refractivity contribution in [2.45, 2.75) is 12.8 Å². The molecule has 29 heavy (non-hydrogen) atoms. The summed E-state index contributed by atoms with van der Waals surface area (Å²) in [6, 6.07) is 23.4. The summed E-state index contributed by atoms with van der Waals surface area (Å²) in [5, 5.41) is 1.96. The lowest BCUT2D eigenvalue weighted by molar-refractivity contribution is 0.0983. The molecule has 142 valence electrons. The van der Waals surface area contributed by atoms with Gasteiger partial charge in [0.15, 0.2) is 17.3 Å². The molecule has 1 aliphatic rings. The Hall–Kier alpha value is -3.66. The second kappa shape index (κ2) is 7.40. The van der Waals surface area contributed by atoms with Crippen LogP contribution in [0.2, 0.25) is 0 Å². The Morgan fingerprint density at radius 3 is 2.45 bits per heavy atom. The average Bonchev–Trinajstić information content (AvgIpc) is 3.27. The van der Waals surface area contributed by atoms with Crippen LogP contribution in [0.4, 0.5) is 0 Å². The summed E-state index contributed by atoms with van der Waals surface area (Å²) in [4.78, 5) is 17.5. The molecular formula is C25H19NO3. The summed E-state index contributed by atoms with van der Waals surface area (Å²) in [7, 11) is 0. The maximum atomic E-state index is 12.8. The fourth-order valence-corrected chi connectivity index (χ4v) is 3.83. The second-order valence-electron chi connectivity index (χ2n) is 7.00. The summed E-state index contributed by atoms with van der Waals surface area (Å²) < 4.78 is 11.4. The highest BCUT2D eigenvalue weighted by atomic mass is 16.7. The first-order chi connectivity index (χ1) is 14.3. The van der Waals surface area contributed by atoms with Crippen LogP contribution in [-0.2, 0) is 6.42 Å². The molecule has 2 heterocycles. The van der Waals surface area contributed by atoms with Gasteiger partial charge in [-0.25, -0.2) is 0 Å². The van der Waals surface area contributed by atoms with Gasteiger partial charge in [-0.15, -0.1) is 0 Å². The first kappa shape index (κ1) is 17.4. The van der Waals surface area contributed by atoms with Gasteiger partial charge in [-0.05, 0) is 24.1 Å². The zero-order valence-corrected chi connectivity index (χ0v) is 15.8. The minimum absolute atomic E-state index is 0.117. The lowest BCUT2D eigenvalue weighted by atomic mass is 9.94. The maximum absolute atomic E-state index is 12.8. The molecule has 4 nitrogen and oxygen atoms in total. The molecule has 0 bridgehead atoms. The van der Waals surface area contributed by atoms with E-state index >= 15 is 0 Å². The predicted octanol–water partition coefficient (Wildman–Crippen LogP) is 5.45. The second-order valence-corrected chi connectivity index (χ2v) is 7.00. The van der Waals surface area contributed by atoms with Crippen molar-refractivity contribution in [2.75, 3.05) is 6.79 Å². The number of fused-ring (bicyclic) bond motifs is 3. The highest BCUT2D eigenvalue weighted by Crippen LogP contribution is 2.43. The minimum atomic E-state index is 0.117. The summed E-state index contributed by atoms with van der Waals surface area (Å²) >= 11 is 0. The third-order valence-corrected chi connectivity index (χ3v) is 5.24. The topological polar surface area (TPSA) is 48.4 Å². The number of ketones is 1. The Labute approximate surface area is 168 Å². The molecule has 4 heteroatoms. The van der Waals surface area contributed by atoms with Crippen molar-refractivity contribution in [1.82, 2.24) is 4.98 Å². The van der Waals surface area contributed by atoms with Gasteiger partial charge in [0, 0.05) is 34.5 Å². The number of benzene rings is 3. The number of pyridine rings is 1. The van der Waals surface area contributed by atoms with Gasteiger partial charge in [-0.1, -0.05) is 60.7 Å². The summed E-state index contributed by atoms with van der Waals surface area (Å²) in [5.74, 6) is 1.59. The number of hydrogen-bond donors (Lipinski definition) is 0. The fourth-order valence-electron chi connectivity index (χ4n) is 3.83. The number of aryl methyl sites for hydroxylation is 1. The van der Waals surface area contributed by atoms with Crippen LogP contribution in [0.25, 0.3) is 22.0 Å². The van der Waals surface area contributed by atoms with E-state index in [0.29, 0.717) is 12.8 Å². The quantitative estimate of drug-likeness (QED) is 0.432. The number of aromatic nitrogens is 1. The lowest BCUT2D eigenvalue weighted by Gasteiger charge is -2.14. The molecule has 0 unspecified atom stereocenters. The van der Waals surface area contributed by atoms with E-state index in [-0.39, 0.29) is 12.6 Å². The van der Waals surface area contributed by atoms with Gasteiger partial charge in [0.1, 0.15) is 0 Å². The highest BCUT2D eigenvalue weighted by molar-refractivity contribution is 5.99. The van der Waals surface area contributed by atoms with E-state index in [9.17, 15) is 4.79 Å². The molecule has 0 atom stereocenters. The molecule has 0 amide bonds. The number of ether oxygens (including phenoxy) is 2. The van der Waals surface area contributed by atoms with Crippen LogP contribution >= 0.6 is 0 Å². The Kier molecular flexibility index (Phi) is 4.45. The number of Topliss-reactive ketones (excluding diaryl/α,β-unsaturated/α-hetero) is 1. The van der Waals surface area contributed by atoms with Crippen molar-refractivity contribution in [3.8, 4) is 22.8 Å². The third kappa shape index (κ3) is 3.23. The molecule has 0 aliphatic carbocycles. The van der Waals surface area contributed by atoms with E-state index in [2.05, 4.69) is 0 Å². The number of rotatable bonds is 5. The van der Waals surface area contributed by atoms with Crippen LogP contribution in [0, 0.1) is 0 Å². The Bertz CT molecular complexity index is 1190. The summed E-state index contributed by atoms with van der Waals surface area (Å²) in [6.45, 7) is 0.208. The lowest BCUT2D eigenvalue weighted by Crippen LogP contribution is -2.04. The van der Waals surface area contributed by atoms with Crippen LogP contribution in [0.5, 0.6) is 11.5 Å². The number of carbonyl (C=O) groups excluding carboxylic acids is 1. The van der Waals surface area contributed by atoms with Gasteiger partial charge in [0.2, 0.25) is 6.79 Å². The van der Waals surface area contributed by atoms with Crippen LogP contribution in [-0.4, -0.2) is 17.6 Å². The summed E-state index contributed by atoms with van der Waals surface area (Å²) in [6.07, 6.45) is 2.83. The van der Waals surface area contributed by atoms with Crippen LogP contribution < -0.4 is 9.47 Å². The Morgan fingerprint density at radius 1 is 0.897 bits per heavy atom. The minimum Gasteiger partial charge on any atom is -0.454 e. The van der Waals surface area contributed by atoms with Gasteiger partial charge in [-0.3, -0.25) is 9.78 Å². The molecule has 3 aromatic carbocycles. The van der Waals surface area contributed by atoms with Crippen molar-refractivity contribution in [2.24, 2.45) is 0 Å². The van der Waals surface area contributed by atoms with Crippen molar-refractivity contribution in [3.05, 3.63) is 90.1 Å². The van der Waals surface area contributed by atoms with E-state index in [0.717, 1.165) is 44.7 Å². The van der Waals surface area contributed by atoms with E-state index in [1.54, 1.807) is 0 Å². The molecule has 0 saturated carbocycles. The number of nitrogens with zero attached hydrogens (tertiary/aromatic N) is 1. The molecule has 0 radical (unpaired) electrons. The smallest absolute Gasteiger partial charge is 0.231 e. The van der Waals surface area contributed by atoms with E-state index in [1.807, 2.05) is 79.0 Å². The molecule has 0 N–H and O–H groups in total. The molecule has 1 aromatic heterocycles. The molecule has 5 rings (SSSR count). The summed E-state index contributed by atoms with van der Waals surface area (Å²) in [5.41, 5.74) is 3.64. The van der Waals surface area contributed by atoms with Gasteiger partial charge in [0.25, 0.3) is 0 Å². The van der Waals surface area contributed by atoms with Crippen molar-refractivity contribution < 1.29 is 14.3 Å². The van der Waals surface area contributed by atoms with Crippen LogP contribution in [0.15, 0.2) is 79.0 Å². The SMILES string of the molecule is O=C(CCc1c(-c2ccccc2)ncc2ccc3c(c12)OCO3)c1ccccc1. The van der Waals surface area contributed by atoms with Gasteiger partial charge in [0.05, 0.1) is 5.69 Å². The van der Waals surface area contributed by atoms with Crippen LogP contribution in [0.3, 0.4) is 0 Å². The van der Waals surface area contributed by atoms with Gasteiger partial charge >= 0.3 is 0 Å². The fraction of sp³-hybridized carbons (Fsp3) is 0.120. The first-order valence-electron chi connectivity index (χ1n) is 9.65. The van der Waals surface area contributed by atoms with E-state index in [4.69, 9.17) is 14.5 Å². The van der Waals surface area contributed by atoms with Gasteiger partial charge in [-0.2, -0.15) is 0 Å². The normalized spacial score (nSPS) is 12.3. The molecule has 0 fully saturated rings. The third-order valence-electron chi connectivity index (χ3n) is 5.24. The first-order valence-corrected chi connectivity index (χ1v) is 9.65. The predicted molar refractivity (Wildman–Crippen MR) is 112 cm³/mol. The monoisotopic (exact) mass is 381 g/mol. The highest BCUT2D eigenvalue weighted by Gasteiger charge is 2.22. The van der Waals surface area contributed by atoms with Crippen molar-refractivity contribution in [3.63, 3.8) is 0 Å². The zero-order valence-electron chi connectivity index (χ0n) is 15.8. The average molecular weight is 381 g/mol. The number of hydrogen-bond acceptors (Lipinski definition) is 4.